The number of fused-ring (bicyclic) bond motifs is 6. The lowest BCUT2D eigenvalue weighted by molar-refractivity contribution is 1.08. The SMILES string of the molecule is [2H]c1c([2H])c([2H])c2c(c1[2H])c1c([2H])c([2H])c([2H])c([2H])c1n2-c1cc(-c2ccccc2)cc(-c2cccc3c2sc2cccc(-c4nc(-c5ccccc5)nc(-c5ccccc5)n4)c23)c1. The van der Waals surface area contributed by atoms with E-state index < -0.39 is 24.2 Å². The molecule has 5 heteroatoms. The van der Waals surface area contributed by atoms with E-state index in [-0.39, 0.29) is 46.0 Å². The molecule has 11 rings (SSSR count). The first kappa shape index (κ1) is 25.0. The van der Waals surface area contributed by atoms with Crippen molar-refractivity contribution < 1.29 is 11.0 Å². The maximum absolute atomic E-state index is 9.18. The lowest BCUT2D eigenvalue weighted by Crippen LogP contribution is -2.00. The van der Waals surface area contributed by atoms with Crippen LogP contribution in [-0.2, 0) is 0 Å². The Balaban J connectivity index is 1.19. The van der Waals surface area contributed by atoms with Gasteiger partial charge in [-0.3, -0.25) is 0 Å². The Morgan fingerprint density at radius 1 is 0.429 bits per heavy atom. The highest BCUT2D eigenvalue weighted by atomic mass is 32.1. The van der Waals surface area contributed by atoms with Crippen molar-refractivity contribution in [1.82, 2.24) is 19.5 Å². The summed E-state index contributed by atoms with van der Waals surface area (Å²) in [6, 6.07) is 44.4. The summed E-state index contributed by atoms with van der Waals surface area (Å²) in [5.41, 5.74) is 6.58. The van der Waals surface area contributed by atoms with Crippen LogP contribution in [0.5, 0.6) is 0 Å². The van der Waals surface area contributed by atoms with Crippen LogP contribution < -0.4 is 0 Å². The summed E-state index contributed by atoms with van der Waals surface area (Å²) in [6.07, 6.45) is 0. The first-order valence-corrected chi connectivity index (χ1v) is 18.9. The standard InChI is InChI=1S/C51H32N4S/c1-4-16-33(17-5-1)36-30-37(32-38(31-36)55-44-27-12-10-22-40(44)41-23-11-13-28-45(41)55)39-24-14-25-42-47-43(26-15-29-46(47)56-48(39)42)51-53-49(34-18-6-2-7-19-34)52-50(54-51)35-20-8-3-9-21-35/h1-32H/i10D,11D,12D,13D,22D,23D,27D,28D. The Labute approximate surface area is 338 Å². The van der Waals surface area contributed by atoms with Crippen LogP contribution in [0.15, 0.2) is 194 Å². The molecule has 0 fully saturated rings. The van der Waals surface area contributed by atoms with Gasteiger partial charge >= 0.3 is 0 Å². The summed E-state index contributed by atoms with van der Waals surface area (Å²) in [5.74, 6) is 1.66. The van der Waals surface area contributed by atoms with Crippen LogP contribution in [0, 0.1) is 0 Å². The second kappa shape index (κ2) is 13.3. The Morgan fingerprint density at radius 3 is 1.61 bits per heavy atom. The quantitative estimate of drug-likeness (QED) is 0.170. The number of benzene rings is 8. The zero-order valence-electron chi connectivity index (χ0n) is 37.6. The molecular formula is C51H32N4S. The van der Waals surface area contributed by atoms with E-state index in [0.717, 1.165) is 59.1 Å². The van der Waals surface area contributed by atoms with Gasteiger partial charge in [0.05, 0.1) is 22.0 Å². The van der Waals surface area contributed by atoms with Crippen molar-refractivity contribution in [3.05, 3.63) is 194 Å². The van der Waals surface area contributed by atoms with Gasteiger partial charge in [0.2, 0.25) is 0 Å². The molecule has 0 saturated carbocycles. The van der Waals surface area contributed by atoms with E-state index in [9.17, 15) is 2.74 Å². The van der Waals surface area contributed by atoms with Gasteiger partial charge < -0.3 is 4.57 Å². The first-order chi connectivity index (χ1) is 31.1. The van der Waals surface area contributed by atoms with Crippen LogP contribution in [0.25, 0.3) is 104 Å². The molecule has 0 radical (unpaired) electrons. The molecule has 0 aliphatic rings. The molecule has 0 unspecified atom stereocenters. The fourth-order valence-electron chi connectivity index (χ4n) is 7.56. The predicted molar refractivity (Wildman–Crippen MR) is 234 cm³/mol. The molecule has 11 aromatic rings. The second-order valence-electron chi connectivity index (χ2n) is 13.4. The smallest absolute Gasteiger partial charge is 0.164 e. The highest BCUT2D eigenvalue weighted by molar-refractivity contribution is 7.26. The van der Waals surface area contributed by atoms with Crippen molar-refractivity contribution >= 4 is 53.3 Å². The van der Waals surface area contributed by atoms with Crippen molar-refractivity contribution in [2.45, 2.75) is 0 Å². The molecule has 8 aromatic carbocycles. The van der Waals surface area contributed by atoms with Crippen molar-refractivity contribution in [3.63, 3.8) is 0 Å². The fraction of sp³-hybridized carbons (Fsp3) is 0. The molecule has 56 heavy (non-hydrogen) atoms. The monoisotopic (exact) mass is 740 g/mol. The largest absolute Gasteiger partial charge is 0.309 e. The third-order valence-electron chi connectivity index (χ3n) is 10.1. The van der Waals surface area contributed by atoms with Gasteiger partial charge in [-0.15, -0.1) is 11.3 Å². The summed E-state index contributed by atoms with van der Waals surface area (Å²) in [5, 5.41) is 2.04. The highest BCUT2D eigenvalue weighted by Gasteiger charge is 2.20. The fourth-order valence-corrected chi connectivity index (χ4v) is 8.83. The number of hydrogen-bond donors (Lipinski definition) is 0. The van der Waals surface area contributed by atoms with Crippen molar-refractivity contribution in [2.24, 2.45) is 0 Å². The van der Waals surface area contributed by atoms with Crippen molar-refractivity contribution in [3.8, 4) is 62.1 Å². The summed E-state index contributed by atoms with van der Waals surface area (Å²) < 4.78 is 74.4. The van der Waals surface area contributed by atoms with Gasteiger partial charge in [0.25, 0.3) is 0 Å². The topological polar surface area (TPSA) is 43.6 Å². The predicted octanol–water partition coefficient (Wildman–Crippen LogP) is 13.7. The molecule has 4 nitrogen and oxygen atoms in total. The zero-order chi connectivity index (χ0) is 44.0. The highest BCUT2D eigenvalue weighted by Crippen LogP contribution is 2.45. The first-order valence-electron chi connectivity index (χ1n) is 22.1. The van der Waals surface area contributed by atoms with Crippen molar-refractivity contribution in [1.29, 1.82) is 0 Å². The Morgan fingerprint density at radius 2 is 0.964 bits per heavy atom. The second-order valence-corrected chi connectivity index (χ2v) is 14.5. The van der Waals surface area contributed by atoms with Crippen molar-refractivity contribution in [2.75, 3.05) is 0 Å². The molecule has 262 valence electrons. The normalized spacial score (nSPS) is 13.6. The van der Waals surface area contributed by atoms with Crippen LogP contribution in [0.1, 0.15) is 11.0 Å². The Kier molecular flexibility index (Phi) is 5.92. The molecule has 0 spiro atoms. The molecule has 0 N–H and O–H groups in total. The third kappa shape index (κ3) is 5.40. The molecule has 3 heterocycles. The van der Waals surface area contributed by atoms with Gasteiger partial charge in [0, 0.05) is 53.3 Å². The Hall–Kier alpha value is -7.21. The minimum Gasteiger partial charge on any atom is -0.309 e. The summed E-state index contributed by atoms with van der Waals surface area (Å²) in [7, 11) is 0. The van der Waals surface area contributed by atoms with Crippen LogP contribution in [0.3, 0.4) is 0 Å². The van der Waals surface area contributed by atoms with Crippen LogP contribution in [0.2, 0.25) is 0 Å². The molecule has 0 saturated heterocycles. The number of hydrogen-bond acceptors (Lipinski definition) is 4. The summed E-state index contributed by atoms with van der Waals surface area (Å²) >= 11 is 1.64. The van der Waals surface area contributed by atoms with E-state index in [1.807, 2.05) is 121 Å². The number of nitrogens with zero attached hydrogens (tertiary/aromatic N) is 4. The van der Waals surface area contributed by atoms with Gasteiger partial charge in [-0.1, -0.05) is 158 Å². The molecule has 0 aliphatic carbocycles. The number of thiophene rings is 1. The van der Waals surface area contributed by atoms with E-state index in [0.29, 0.717) is 23.2 Å². The lowest BCUT2D eigenvalue weighted by atomic mass is 9.96. The molecule has 3 aromatic heterocycles. The maximum Gasteiger partial charge on any atom is 0.164 e. The minimum absolute atomic E-state index is 0.0305. The molecular weight excluding hydrogens is 701 g/mol. The van der Waals surface area contributed by atoms with E-state index >= 15 is 0 Å². The average Bonchev–Trinajstić information content (AvgIpc) is 3.92. The number of para-hydroxylation sites is 2. The molecule has 0 amide bonds. The van der Waals surface area contributed by atoms with Crippen LogP contribution >= 0.6 is 11.3 Å². The average molecular weight is 741 g/mol. The molecule has 0 bridgehead atoms. The van der Waals surface area contributed by atoms with Gasteiger partial charge in [0.15, 0.2) is 17.5 Å². The minimum atomic E-state index is -0.483. The van der Waals surface area contributed by atoms with Gasteiger partial charge in [-0.2, -0.15) is 0 Å². The van der Waals surface area contributed by atoms with Gasteiger partial charge in [-0.25, -0.2) is 15.0 Å². The number of aromatic nitrogens is 4. The zero-order valence-corrected chi connectivity index (χ0v) is 30.4. The molecule has 0 atom stereocenters. The van der Waals surface area contributed by atoms with Crippen LogP contribution in [-0.4, -0.2) is 19.5 Å². The van der Waals surface area contributed by atoms with Gasteiger partial charge in [0.1, 0.15) is 0 Å². The van der Waals surface area contributed by atoms with Crippen LogP contribution in [0.4, 0.5) is 0 Å². The molecule has 0 aliphatic heterocycles. The maximum atomic E-state index is 9.18. The Bertz CT molecular complexity index is 3570. The number of rotatable bonds is 6. The summed E-state index contributed by atoms with van der Waals surface area (Å²) in [6.45, 7) is 0. The van der Waals surface area contributed by atoms with Gasteiger partial charge in [-0.05, 0) is 58.6 Å². The summed E-state index contributed by atoms with van der Waals surface area (Å²) in [4.78, 5) is 15.1. The van der Waals surface area contributed by atoms with E-state index in [1.54, 1.807) is 15.9 Å². The lowest BCUT2D eigenvalue weighted by Gasteiger charge is -2.14. The van der Waals surface area contributed by atoms with E-state index in [2.05, 4.69) is 24.3 Å². The van der Waals surface area contributed by atoms with E-state index in [1.165, 1.54) is 0 Å². The van der Waals surface area contributed by atoms with E-state index in [4.69, 9.17) is 23.2 Å². The third-order valence-corrected chi connectivity index (χ3v) is 11.3.